The molecule has 3 fully saturated rings. The first-order chi connectivity index (χ1) is 11.2. The third-order valence-corrected chi connectivity index (χ3v) is 5.29. The fraction of sp³-hybridized carbons (Fsp3) is 0.611. The maximum Gasteiger partial charge on any atom is 0.226 e. The molecule has 2 heterocycles. The van der Waals surface area contributed by atoms with Gasteiger partial charge in [-0.05, 0) is 42.9 Å². The van der Waals surface area contributed by atoms with Crippen molar-refractivity contribution >= 4 is 5.91 Å². The van der Waals surface area contributed by atoms with E-state index in [1.54, 1.807) is 12.1 Å². The molecule has 23 heavy (non-hydrogen) atoms. The van der Waals surface area contributed by atoms with Crippen molar-refractivity contribution in [1.29, 1.82) is 0 Å². The summed E-state index contributed by atoms with van der Waals surface area (Å²) >= 11 is 0. The molecule has 2 atom stereocenters. The molecule has 1 saturated carbocycles. The number of piperidine rings is 1. The van der Waals surface area contributed by atoms with Crippen LogP contribution in [0.5, 0.6) is 0 Å². The van der Waals surface area contributed by atoms with Gasteiger partial charge < -0.3 is 14.4 Å². The minimum Gasteiger partial charge on any atom is -0.350 e. The highest BCUT2D eigenvalue weighted by molar-refractivity contribution is 5.83. The van der Waals surface area contributed by atoms with Crippen molar-refractivity contribution in [2.24, 2.45) is 11.8 Å². The lowest BCUT2D eigenvalue weighted by Gasteiger charge is -2.34. The highest BCUT2D eigenvalue weighted by atomic mass is 19.1. The van der Waals surface area contributed by atoms with Crippen LogP contribution in [-0.4, -0.2) is 43.4 Å². The van der Waals surface area contributed by atoms with Crippen molar-refractivity contribution in [2.45, 2.75) is 31.5 Å². The third-order valence-electron chi connectivity index (χ3n) is 5.29. The number of hydrogen-bond donors (Lipinski definition) is 0. The first kappa shape index (κ1) is 15.1. The van der Waals surface area contributed by atoms with E-state index in [9.17, 15) is 9.18 Å². The first-order valence-electron chi connectivity index (χ1n) is 8.50. The Labute approximate surface area is 135 Å². The Morgan fingerprint density at radius 2 is 1.74 bits per heavy atom. The van der Waals surface area contributed by atoms with Crippen molar-refractivity contribution in [3.8, 4) is 0 Å². The quantitative estimate of drug-likeness (QED) is 0.859. The third kappa shape index (κ3) is 3.12. The summed E-state index contributed by atoms with van der Waals surface area (Å²) in [5, 5.41) is 0. The summed E-state index contributed by atoms with van der Waals surface area (Å²) in [4.78, 5) is 14.6. The van der Waals surface area contributed by atoms with Crippen LogP contribution in [0.2, 0.25) is 0 Å². The number of likely N-dealkylation sites (tertiary alicyclic amines) is 1. The van der Waals surface area contributed by atoms with E-state index in [0.717, 1.165) is 37.9 Å². The Morgan fingerprint density at radius 3 is 2.39 bits per heavy atom. The van der Waals surface area contributed by atoms with Crippen LogP contribution in [0.25, 0.3) is 0 Å². The van der Waals surface area contributed by atoms with Gasteiger partial charge in [-0.15, -0.1) is 0 Å². The van der Waals surface area contributed by atoms with Crippen molar-refractivity contribution < 1.29 is 18.7 Å². The molecule has 124 valence electrons. The van der Waals surface area contributed by atoms with Gasteiger partial charge in [-0.25, -0.2) is 4.39 Å². The molecule has 0 bridgehead atoms. The average Bonchev–Trinajstić information content (AvgIpc) is 3.19. The summed E-state index contributed by atoms with van der Waals surface area (Å²) in [6, 6.07) is 6.55. The van der Waals surface area contributed by atoms with E-state index in [1.807, 2.05) is 4.90 Å². The Bertz CT molecular complexity index is 562. The summed E-state index contributed by atoms with van der Waals surface area (Å²) in [6.45, 7) is 2.95. The largest absolute Gasteiger partial charge is 0.350 e. The second kappa shape index (κ2) is 6.21. The molecule has 4 rings (SSSR count). The molecule has 2 saturated heterocycles. The molecular weight excluding hydrogens is 297 g/mol. The van der Waals surface area contributed by atoms with Crippen LogP contribution in [0.1, 0.15) is 30.7 Å². The fourth-order valence-electron chi connectivity index (χ4n) is 3.82. The average molecular weight is 319 g/mol. The summed E-state index contributed by atoms with van der Waals surface area (Å²) in [6.07, 6.45) is 2.72. The minimum absolute atomic E-state index is 0.0693. The number of carbonyl (C=O) groups is 1. The van der Waals surface area contributed by atoms with Crippen LogP contribution in [0.15, 0.2) is 24.3 Å². The van der Waals surface area contributed by atoms with E-state index in [0.29, 0.717) is 19.1 Å². The van der Waals surface area contributed by atoms with Gasteiger partial charge in [0.25, 0.3) is 0 Å². The molecule has 1 aromatic carbocycles. The van der Waals surface area contributed by atoms with E-state index in [1.165, 1.54) is 12.1 Å². The van der Waals surface area contributed by atoms with E-state index in [2.05, 4.69) is 0 Å². The number of nitrogens with zero attached hydrogens (tertiary/aromatic N) is 1. The molecule has 0 N–H and O–H groups in total. The SMILES string of the molecule is O=C(C1CC1c1ccc(F)cc1)N1CCC(C2OCCO2)CC1. The topological polar surface area (TPSA) is 38.8 Å². The minimum atomic E-state index is -0.226. The van der Waals surface area contributed by atoms with Crippen molar-refractivity contribution in [3.63, 3.8) is 0 Å². The maximum atomic E-state index is 13.0. The number of amides is 1. The van der Waals surface area contributed by atoms with Crippen molar-refractivity contribution in [2.75, 3.05) is 26.3 Å². The molecule has 4 nitrogen and oxygen atoms in total. The van der Waals surface area contributed by atoms with Gasteiger partial charge in [0.05, 0.1) is 13.2 Å². The zero-order chi connectivity index (χ0) is 15.8. The predicted octanol–water partition coefficient (Wildman–Crippen LogP) is 2.54. The number of hydrogen-bond acceptors (Lipinski definition) is 3. The molecule has 2 aliphatic heterocycles. The van der Waals surface area contributed by atoms with Gasteiger partial charge in [0.2, 0.25) is 5.91 Å². The van der Waals surface area contributed by atoms with Crippen LogP contribution in [0, 0.1) is 17.7 Å². The van der Waals surface area contributed by atoms with Crippen LogP contribution in [-0.2, 0) is 14.3 Å². The van der Waals surface area contributed by atoms with E-state index >= 15 is 0 Å². The van der Waals surface area contributed by atoms with Crippen molar-refractivity contribution in [1.82, 2.24) is 4.90 Å². The molecule has 0 radical (unpaired) electrons. The smallest absolute Gasteiger partial charge is 0.226 e. The molecule has 3 aliphatic rings. The summed E-state index contributed by atoms with van der Waals surface area (Å²) in [5.74, 6) is 0.786. The Kier molecular flexibility index (Phi) is 4.07. The monoisotopic (exact) mass is 319 g/mol. The van der Waals surface area contributed by atoms with Crippen LogP contribution >= 0.6 is 0 Å². The molecule has 1 aromatic rings. The zero-order valence-corrected chi connectivity index (χ0v) is 13.1. The van der Waals surface area contributed by atoms with Gasteiger partial charge in [0.1, 0.15) is 5.82 Å². The van der Waals surface area contributed by atoms with Crippen LogP contribution in [0.4, 0.5) is 4.39 Å². The summed E-state index contributed by atoms with van der Waals surface area (Å²) in [7, 11) is 0. The van der Waals surface area contributed by atoms with Gasteiger partial charge in [-0.2, -0.15) is 0 Å². The molecule has 0 aromatic heterocycles. The Balaban J connectivity index is 1.30. The lowest BCUT2D eigenvalue weighted by Crippen LogP contribution is -2.42. The second-order valence-corrected chi connectivity index (χ2v) is 6.77. The molecule has 1 aliphatic carbocycles. The lowest BCUT2D eigenvalue weighted by molar-refractivity contribution is -0.138. The predicted molar refractivity (Wildman–Crippen MR) is 82.2 cm³/mol. The number of benzene rings is 1. The Morgan fingerprint density at radius 1 is 1.09 bits per heavy atom. The molecular formula is C18H22FNO3. The maximum absolute atomic E-state index is 13.0. The van der Waals surface area contributed by atoms with Crippen LogP contribution < -0.4 is 0 Å². The van der Waals surface area contributed by atoms with Gasteiger partial charge >= 0.3 is 0 Å². The van der Waals surface area contributed by atoms with E-state index < -0.39 is 0 Å². The summed E-state index contributed by atoms with van der Waals surface area (Å²) in [5.41, 5.74) is 1.08. The van der Waals surface area contributed by atoms with Crippen molar-refractivity contribution in [3.05, 3.63) is 35.6 Å². The highest BCUT2D eigenvalue weighted by Crippen LogP contribution is 2.48. The number of halogens is 1. The van der Waals surface area contributed by atoms with Gasteiger partial charge in [-0.1, -0.05) is 12.1 Å². The van der Waals surface area contributed by atoms with Gasteiger partial charge in [0.15, 0.2) is 6.29 Å². The van der Waals surface area contributed by atoms with E-state index in [-0.39, 0.29) is 29.9 Å². The first-order valence-corrected chi connectivity index (χ1v) is 8.50. The fourth-order valence-corrected chi connectivity index (χ4v) is 3.82. The standard InChI is InChI=1S/C18H22FNO3/c19-14-3-1-12(2-4-14)15-11-16(15)17(21)20-7-5-13(6-8-20)18-22-9-10-23-18/h1-4,13,15-16,18H,5-11H2. The number of ether oxygens (including phenoxy) is 2. The lowest BCUT2D eigenvalue weighted by atomic mass is 9.95. The normalized spacial score (nSPS) is 29.0. The Hall–Kier alpha value is -1.46. The van der Waals surface area contributed by atoms with Gasteiger partial charge in [0, 0.05) is 24.9 Å². The van der Waals surface area contributed by atoms with Gasteiger partial charge in [-0.3, -0.25) is 4.79 Å². The molecule has 1 amide bonds. The molecule has 2 unspecified atom stereocenters. The zero-order valence-electron chi connectivity index (χ0n) is 13.1. The molecule has 0 spiro atoms. The number of carbonyl (C=O) groups excluding carboxylic acids is 1. The van der Waals surface area contributed by atoms with E-state index in [4.69, 9.17) is 9.47 Å². The second-order valence-electron chi connectivity index (χ2n) is 6.77. The van der Waals surface area contributed by atoms with Crippen LogP contribution in [0.3, 0.4) is 0 Å². The number of rotatable bonds is 3. The molecule has 5 heteroatoms. The summed E-state index contributed by atoms with van der Waals surface area (Å²) < 4.78 is 24.1. The highest BCUT2D eigenvalue weighted by Gasteiger charge is 2.46.